The number of fused-ring (bicyclic) bond motifs is 15. The molecule has 3 aromatic rings. The number of halogens is 1. The molecule has 12 aliphatic rings. The van der Waals surface area contributed by atoms with Gasteiger partial charge in [-0.3, -0.25) is 14.0 Å². The molecule has 88 heavy (non-hydrogen) atoms. The van der Waals surface area contributed by atoms with Gasteiger partial charge in [-0.15, -0.1) is 0 Å². The van der Waals surface area contributed by atoms with Crippen LogP contribution in [0.2, 0.25) is 0 Å². The Kier molecular flexibility index (Phi) is 17.7. The van der Waals surface area contributed by atoms with E-state index in [-0.39, 0.29) is 18.7 Å². The van der Waals surface area contributed by atoms with Gasteiger partial charge in [0, 0.05) is 43.6 Å². The van der Waals surface area contributed by atoms with Gasteiger partial charge in [0.15, 0.2) is 0 Å². The van der Waals surface area contributed by atoms with E-state index in [1.165, 1.54) is 126 Å². The van der Waals surface area contributed by atoms with E-state index < -0.39 is 16.8 Å². The van der Waals surface area contributed by atoms with Gasteiger partial charge in [-0.1, -0.05) is 90.2 Å². The van der Waals surface area contributed by atoms with Crippen LogP contribution < -0.4 is 0 Å². The van der Waals surface area contributed by atoms with Crippen molar-refractivity contribution in [3.63, 3.8) is 0 Å². The molecule has 9 nitrogen and oxygen atoms in total. The van der Waals surface area contributed by atoms with Crippen LogP contribution in [0.25, 0.3) is 0 Å². The van der Waals surface area contributed by atoms with Crippen molar-refractivity contribution >= 4 is 0 Å². The average molecular weight is 1210 g/mol. The fourth-order valence-electron chi connectivity index (χ4n) is 24.5. The van der Waals surface area contributed by atoms with Crippen molar-refractivity contribution < 1.29 is 19.7 Å². The first-order valence-corrected chi connectivity index (χ1v) is 35.6. The number of hydrogen-bond acceptors (Lipinski definition) is 6. The number of hydrogen-bond donors (Lipinski definition) is 3. The highest BCUT2D eigenvalue weighted by molar-refractivity contribution is 5.28. The van der Waals surface area contributed by atoms with Crippen molar-refractivity contribution in [2.75, 3.05) is 0 Å². The van der Waals surface area contributed by atoms with Gasteiger partial charge in [-0.25, -0.2) is 4.39 Å². The molecule has 3 N–H and O–H groups in total. The molecular formula is C78H117FN6O3. The summed E-state index contributed by atoms with van der Waals surface area (Å²) < 4.78 is 21.3. The van der Waals surface area contributed by atoms with Crippen molar-refractivity contribution in [1.29, 1.82) is 0 Å². The van der Waals surface area contributed by atoms with Crippen LogP contribution in [0.5, 0.6) is 0 Å². The van der Waals surface area contributed by atoms with E-state index in [9.17, 15) is 15.3 Å². The molecule has 10 heteroatoms. The first-order chi connectivity index (χ1) is 41.4. The summed E-state index contributed by atoms with van der Waals surface area (Å²) in [6.07, 6.45) is 41.2. The Morgan fingerprint density at radius 2 is 1.00 bits per heavy atom. The molecule has 15 rings (SSSR count). The fourth-order valence-corrected chi connectivity index (χ4v) is 24.5. The van der Waals surface area contributed by atoms with Crippen LogP contribution in [0.4, 0.5) is 4.39 Å². The topological polar surface area (TPSA) is 114 Å². The lowest BCUT2D eigenvalue weighted by molar-refractivity contribution is -0.121. The second-order valence-corrected chi connectivity index (χ2v) is 33.9. The summed E-state index contributed by atoms with van der Waals surface area (Å²) in [4.78, 5) is 0. The largest absolute Gasteiger partial charge is 0.390 e. The van der Waals surface area contributed by atoms with Crippen LogP contribution in [0, 0.1) is 123 Å². The zero-order valence-corrected chi connectivity index (χ0v) is 55.1. The van der Waals surface area contributed by atoms with Gasteiger partial charge >= 0.3 is 0 Å². The quantitative estimate of drug-likeness (QED) is 0.184. The first kappa shape index (κ1) is 64.3. The highest BCUT2D eigenvalue weighted by atomic mass is 19.1. The summed E-state index contributed by atoms with van der Waals surface area (Å²) in [5.74, 6) is 12.3. The second-order valence-electron chi connectivity index (χ2n) is 33.9. The Bertz CT molecular complexity index is 3030. The zero-order chi connectivity index (χ0) is 61.2. The van der Waals surface area contributed by atoms with Crippen molar-refractivity contribution in [2.24, 2.45) is 123 Å². The average Bonchev–Trinajstić information content (AvgIpc) is 1.46. The number of aliphatic hydroxyl groups is 3. The molecule has 0 aromatic carbocycles. The third-order valence-corrected chi connectivity index (χ3v) is 29.3. The molecule has 12 aliphatic carbocycles. The molecule has 24 atom stereocenters. The lowest BCUT2D eigenvalue weighted by Gasteiger charge is -2.58. The van der Waals surface area contributed by atoms with Crippen LogP contribution >= 0.6 is 0 Å². The normalized spacial score (nSPS) is 46.1. The maximum Gasteiger partial charge on any atom is 0.0998 e. The van der Waals surface area contributed by atoms with Gasteiger partial charge in [0.25, 0.3) is 0 Å². The van der Waals surface area contributed by atoms with Gasteiger partial charge < -0.3 is 15.3 Å². The van der Waals surface area contributed by atoms with Gasteiger partial charge in [-0.05, 0) is 309 Å². The predicted molar refractivity (Wildman–Crippen MR) is 354 cm³/mol. The van der Waals surface area contributed by atoms with Crippen LogP contribution in [0.3, 0.4) is 0 Å². The van der Waals surface area contributed by atoms with Crippen LogP contribution in [0.1, 0.15) is 210 Å². The number of allylic oxidation sites excluding steroid dienone is 5. The summed E-state index contributed by atoms with van der Waals surface area (Å²) in [5, 5.41) is 45.4. The van der Waals surface area contributed by atoms with Crippen LogP contribution in [-0.2, 0) is 19.6 Å². The lowest BCUT2D eigenvalue weighted by Crippen LogP contribution is -2.52. The molecule has 0 saturated heterocycles. The third-order valence-electron chi connectivity index (χ3n) is 29.3. The minimum Gasteiger partial charge on any atom is -0.390 e. The summed E-state index contributed by atoms with van der Waals surface area (Å²) >= 11 is 0. The van der Waals surface area contributed by atoms with E-state index in [1.54, 1.807) is 5.57 Å². The van der Waals surface area contributed by atoms with Crippen molar-refractivity contribution in [3.8, 4) is 0 Å². The molecular weight excluding hydrogens is 1090 g/mol. The van der Waals surface area contributed by atoms with Gasteiger partial charge in [0.05, 0.1) is 42.3 Å². The van der Waals surface area contributed by atoms with E-state index in [0.717, 1.165) is 104 Å². The Morgan fingerprint density at radius 3 is 1.51 bits per heavy atom. The van der Waals surface area contributed by atoms with Gasteiger partial charge in [-0.2, -0.15) is 15.3 Å². The van der Waals surface area contributed by atoms with E-state index in [2.05, 4.69) is 95.0 Å². The summed E-state index contributed by atoms with van der Waals surface area (Å²) in [7, 11) is 0. The summed E-state index contributed by atoms with van der Waals surface area (Å²) in [5.41, 5.74) is 6.01. The number of rotatable bonds is 9. The monoisotopic (exact) mass is 1200 g/mol. The van der Waals surface area contributed by atoms with E-state index in [4.69, 9.17) is 0 Å². The Hall–Kier alpha value is -3.86. The lowest BCUT2D eigenvalue weighted by atomic mass is 9.48. The van der Waals surface area contributed by atoms with Crippen LogP contribution in [-0.4, -0.2) is 61.5 Å². The van der Waals surface area contributed by atoms with Gasteiger partial charge in [0.2, 0.25) is 0 Å². The number of nitrogens with zero attached hydrogens (tertiary/aromatic N) is 6. The molecule has 484 valence electrons. The van der Waals surface area contributed by atoms with E-state index >= 15 is 4.39 Å². The highest BCUT2D eigenvalue weighted by Gasteiger charge is 2.61. The SMILES string of the molecule is C.C=C(Cn1cccn1)[C@H]1CC[C@H]2[C@@H]3CC(F)=C4C[C@](C)(O)CC[C@@H]4[C@H]3CC[C@]12C.C=C(Cn1cccn1)[C@H]1CC[C@H]2[C@@H]3CC=C4C[C@](C)(O)[C@@H](C)C[C@@H]4[C@H]3CC[C@]12C.C=C(Cn1cccn1)[C@H]1CC[C@H]2[C@@H]3CC[C@@H]4C[C@](C)(O)[C@@H](C)C[C@@H]4[C@H]3CC[C@]12C. The minimum atomic E-state index is -0.720. The fraction of sp³-hybridized carbons (Fsp3) is 0.756. The number of aromatic nitrogens is 6. The maximum atomic E-state index is 15.3. The Balaban J connectivity index is 0.000000128. The van der Waals surface area contributed by atoms with Crippen molar-refractivity contribution in [2.45, 2.75) is 247 Å². The molecule has 3 aromatic heterocycles. The van der Waals surface area contributed by atoms with E-state index in [0.29, 0.717) is 76.9 Å². The minimum absolute atomic E-state index is 0. The molecule has 0 unspecified atom stereocenters. The first-order valence-electron chi connectivity index (χ1n) is 35.6. The van der Waals surface area contributed by atoms with Crippen molar-refractivity contribution in [1.82, 2.24) is 29.3 Å². The van der Waals surface area contributed by atoms with E-state index in [1.807, 2.05) is 70.9 Å². The van der Waals surface area contributed by atoms with Crippen LogP contribution in [0.15, 0.2) is 115 Å². The third kappa shape index (κ3) is 11.5. The molecule has 0 bridgehead atoms. The summed E-state index contributed by atoms with van der Waals surface area (Å²) in [6.45, 7) is 34.3. The zero-order valence-electron chi connectivity index (χ0n) is 55.1. The molecule has 0 amide bonds. The second kappa shape index (κ2) is 24.2. The standard InChI is InChI=1S/C26H40N2O.C26H38N2O.C25H35FN2O.CH4/c2*1-17(16-28-13-5-12-27-28)23-8-9-24-21-7-6-19-15-26(4,29)18(2)14-22(19)20(21)10-11-25(23,24)3;1-16(15-28-12-4-11-27-28)21-5-6-22-19-13-23(26)20-14-24(2,29)9-7-18(20)17(19)8-10-25(21,22)3;/h5,12-13,18-24,29H,1,6-11,14-16H2,2-4H3;5-6,12-13,18,20-24,29H,1,7-11,14-16H2,2-4H3;4,11-12,17-19,21-22,29H,1,5-10,13-15H2,2-3H3;1H4/t18-,19+,20-,21+,22-,23+,24-,25+,26-;18-,20-,21+,22-,23+,24-,25+,26-;17-,18-,19-,21-,22+,24-,25-;/m001./s1. The summed E-state index contributed by atoms with van der Waals surface area (Å²) in [6, 6.07) is 5.98. The molecule has 3 heterocycles. The molecule has 0 radical (unpaired) electrons. The maximum absolute atomic E-state index is 15.3. The Labute approximate surface area is 531 Å². The predicted octanol–water partition coefficient (Wildman–Crippen LogP) is 17.6. The molecule has 0 spiro atoms. The van der Waals surface area contributed by atoms with Crippen molar-refractivity contribution in [3.05, 3.63) is 115 Å². The smallest absolute Gasteiger partial charge is 0.0998 e. The van der Waals surface area contributed by atoms with Gasteiger partial charge in [0.1, 0.15) is 0 Å². The molecule has 10 saturated carbocycles. The highest BCUT2D eigenvalue weighted by Crippen LogP contribution is 2.69. The molecule has 0 aliphatic heterocycles. The Morgan fingerprint density at radius 1 is 0.523 bits per heavy atom. The molecule has 10 fully saturated rings.